The highest BCUT2D eigenvalue weighted by Gasteiger charge is 2.26. The summed E-state index contributed by atoms with van der Waals surface area (Å²) in [7, 11) is 0. The molecule has 2 atom stereocenters. The van der Waals surface area contributed by atoms with Gasteiger partial charge in [-0.2, -0.15) is 0 Å². The first-order valence-electron chi connectivity index (χ1n) is 5.16. The van der Waals surface area contributed by atoms with Crippen LogP contribution in [0.4, 0.5) is 5.95 Å². The van der Waals surface area contributed by atoms with Crippen LogP contribution in [0.15, 0.2) is 16.0 Å². The van der Waals surface area contributed by atoms with Crippen molar-refractivity contribution < 1.29 is 9.84 Å². The summed E-state index contributed by atoms with van der Waals surface area (Å²) < 4.78 is 7.16. The molecule has 2 aromatic heterocycles. The van der Waals surface area contributed by atoms with E-state index in [2.05, 4.69) is 31.2 Å². The van der Waals surface area contributed by atoms with Crippen LogP contribution in [0.1, 0.15) is 0 Å². The molecule has 1 saturated heterocycles. The van der Waals surface area contributed by atoms with E-state index in [0.29, 0.717) is 19.2 Å². The Morgan fingerprint density at radius 3 is 3.18 bits per heavy atom. The van der Waals surface area contributed by atoms with E-state index in [0.717, 1.165) is 14.7 Å². The second-order valence-corrected chi connectivity index (χ2v) is 5.61. The normalized spacial score (nSPS) is 24.4. The van der Waals surface area contributed by atoms with E-state index >= 15 is 0 Å². The van der Waals surface area contributed by atoms with E-state index in [1.165, 1.54) is 0 Å². The van der Waals surface area contributed by atoms with E-state index in [1.54, 1.807) is 17.5 Å². The molecule has 0 unspecified atom stereocenters. The molecule has 17 heavy (non-hydrogen) atoms. The van der Waals surface area contributed by atoms with Gasteiger partial charge in [-0.1, -0.05) is 0 Å². The van der Waals surface area contributed by atoms with Gasteiger partial charge in [0.15, 0.2) is 0 Å². The molecule has 0 aliphatic carbocycles. The highest BCUT2D eigenvalue weighted by Crippen LogP contribution is 2.28. The van der Waals surface area contributed by atoms with E-state index in [9.17, 15) is 5.11 Å². The molecule has 0 saturated carbocycles. The largest absolute Gasteiger partial charge is 0.388 e. The van der Waals surface area contributed by atoms with Crippen molar-refractivity contribution >= 4 is 43.4 Å². The predicted octanol–water partition coefficient (Wildman–Crippen LogP) is 1.63. The zero-order valence-corrected chi connectivity index (χ0v) is 11.2. The molecule has 0 radical (unpaired) electrons. The third kappa shape index (κ3) is 2.15. The molecule has 1 fully saturated rings. The Morgan fingerprint density at radius 1 is 1.53 bits per heavy atom. The number of halogens is 1. The van der Waals surface area contributed by atoms with Crippen molar-refractivity contribution in [2.45, 2.75) is 12.1 Å². The summed E-state index contributed by atoms with van der Waals surface area (Å²) in [5, 5.41) is 14.7. The Bertz CT molecular complexity index is 547. The van der Waals surface area contributed by atoms with Crippen LogP contribution in [0.2, 0.25) is 0 Å². The molecule has 0 spiro atoms. The number of nitrogens with zero attached hydrogens (tertiary/aromatic N) is 2. The monoisotopic (exact) mass is 315 g/mol. The molecule has 90 valence electrons. The van der Waals surface area contributed by atoms with Gasteiger partial charge in [-0.05, 0) is 15.9 Å². The number of thiophene rings is 1. The fourth-order valence-electron chi connectivity index (χ4n) is 1.72. The Hall–Kier alpha value is -0.760. The van der Waals surface area contributed by atoms with Crippen LogP contribution in [0.3, 0.4) is 0 Å². The van der Waals surface area contributed by atoms with Gasteiger partial charge in [-0.3, -0.25) is 0 Å². The van der Waals surface area contributed by atoms with Gasteiger partial charge in [0.25, 0.3) is 0 Å². The lowest BCUT2D eigenvalue weighted by atomic mass is 10.2. The SMILES string of the molecule is O[C@@H]1COC[C@H]1Nc1ncc2scc(Br)c2n1. The van der Waals surface area contributed by atoms with Crippen molar-refractivity contribution in [1.29, 1.82) is 0 Å². The van der Waals surface area contributed by atoms with Gasteiger partial charge in [-0.15, -0.1) is 11.3 Å². The minimum Gasteiger partial charge on any atom is -0.388 e. The molecule has 2 aromatic rings. The fourth-order valence-corrected chi connectivity index (χ4v) is 3.15. The lowest BCUT2D eigenvalue weighted by Crippen LogP contribution is -2.32. The van der Waals surface area contributed by atoms with Crippen LogP contribution in [0.25, 0.3) is 10.2 Å². The van der Waals surface area contributed by atoms with Gasteiger partial charge >= 0.3 is 0 Å². The molecular formula is C10H10BrN3O2S. The number of aromatic nitrogens is 2. The highest BCUT2D eigenvalue weighted by atomic mass is 79.9. The molecule has 3 rings (SSSR count). The maximum atomic E-state index is 9.63. The number of aliphatic hydroxyl groups excluding tert-OH is 1. The van der Waals surface area contributed by atoms with Crippen molar-refractivity contribution in [3.05, 3.63) is 16.0 Å². The van der Waals surface area contributed by atoms with Crippen molar-refractivity contribution in [1.82, 2.24) is 9.97 Å². The summed E-state index contributed by atoms with van der Waals surface area (Å²) in [6.45, 7) is 0.843. The molecule has 2 N–H and O–H groups in total. The van der Waals surface area contributed by atoms with E-state index in [1.807, 2.05) is 5.38 Å². The molecular weight excluding hydrogens is 306 g/mol. The number of rotatable bonds is 2. The molecule has 0 aromatic carbocycles. The van der Waals surface area contributed by atoms with E-state index in [-0.39, 0.29) is 6.04 Å². The van der Waals surface area contributed by atoms with Gasteiger partial charge in [0, 0.05) is 5.38 Å². The maximum Gasteiger partial charge on any atom is 0.223 e. The van der Waals surface area contributed by atoms with Crippen molar-refractivity contribution in [2.75, 3.05) is 18.5 Å². The Kier molecular flexibility index (Phi) is 2.99. The third-order valence-corrected chi connectivity index (χ3v) is 4.45. The smallest absolute Gasteiger partial charge is 0.223 e. The lowest BCUT2D eigenvalue weighted by molar-refractivity contribution is 0.125. The van der Waals surface area contributed by atoms with Gasteiger partial charge in [-0.25, -0.2) is 9.97 Å². The molecule has 0 amide bonds. The van der Waals surface area contributed by atoms with Crippen molar-refractivity contribution in [3.8, 4) is 0 Å². The maximum absolute atomic E-state index is 9.63. The van der Waals surface area contributed by atoms with Crippen LogP contribution in [-0.4, -0.2) is 40.4 Å². The minimum atomic E-state index is -0.500. The Labute approximate surface area is 110 Å². The molecule has 1 aliphatic rings. The van der Waals surface area contributed by atoms with Crippen molar-refractivity contribution in [2.24, 2.45) is 0 Å². The van der Waals surface area contributed by atoms with Gasteiger partial charge in [0.05, 0.1) is 40.7 Å². The fraction of sp³-hybridized carbons (Fsp3) is 0.400. The van der Waals surface area contributed by atoms with Gasteiger partial charge in [0.2, 0.25) is 5.95 Å². The summed E-state index contributed by atoms with van der Waals surface area (Å²) >= 11 is 5.04. The number of anilines is 1. The van der Waals surface area contributed by atoms with Crippen LogP contribution in [-0.2, 0) is 4.74 Å². The highest BCUT2D eigenvalue weighted by molar-refractivity contribution is 9.10. The quantitative estimate of drug-likeness (QED) is 0.881. The summed E-state index contributed by atoms with van der Waals surface area (Å²) in [6, 6.07) is -0.134. The van der Waals surface area contributed by atoms with E-state index in [4.69, 9.17) is 4.74 Å². The number of nitrogens with one attached hydrogen (secondary N) is 1. The molecule has 7 heteroatoms. The van der Waals surface area contributed by atoms with Crippen LogP contribution >= 0.6 is 27.3 Å². The number of hydrogen-bond acceptors (Lipinski definition) is 6. The average molecular weight is 316 g/mol. The molecule has 3 heterocycles. The predicted molar refractivity (Wildman–Crippen MR) is 69.4 cm³/mol. The second kappa shape index (κ2) is 4.49. The summed E-state index contributed by atoms with van der Waals surface area (Å²) in [5.74, 6) is 0.520. The standard InChI is InChI=1S/C10H10BrN3O2S/c11-5-4-17-8-1-12-10(14-9(5)8)13-6-2-16-3-7(6)15/h1,4,6-7,15H,2-3H2,(H,12,13,14)/t6-,7-/m1/s1. The topological polar surface area (TPSA) is 67.3 Å². The number of aliphatic hydroxyl groups is 1. The first-order chi connectivity index (χ1) is 8.24. The Morgan fingerprint density at radius 2 is 2.41 bits per heavy atom. The van der Waals surface area contributed by atoms with Crippen LogP contribution in [0.5, 0.6) is 0 Å². The summed E-state index contributed by atoms with van der Waals surface area (Å²) in [4.78, 5) is 8.63. The van der Waals surface area contributed by atoms with Gasteiger partial charge in [0.1, 0.15) is 5.52 Å². The molecule has 5 nitrogen and oxygen atoms in total. The number of ether oxygens (including phenoxy) is 1. The molecule has 1 aliphatic heterocycles. The third-order valence-electron chi connectivity index (χ3n) is 2.64. The van der Waals surface area contributed by atoms with E-state index < -0.39 is 6.10 Å². The second-order valence-electron chi connectivity index (χ2n) is 3.85. The number of hydrogen-bond donors (Lipinski definition) is 2. The van der Waals surface area contributed by atoms with Crippen LogP contribution in [0, 0.1) is 0 Å². The van der Waals surface area contributed by atoms with Crippen molar-refractivity contribution in [3.63, 3.8) is 0 Å². The summed E-state index contributed by atoms with van der Waals surface area (Å²) in [6.07, 6.45) is 1.28. The average Bonchev–Trinajstić information content (AvgIpc) is 2.88. The zero-order valence-electron chi connectivity index (χ0n) is 8.76. The zero-order chi connectivity index (χ0) is 11.8. The minimum absolute atomic E-state index is 0.134. The first kappa shape index (κ1) is 11.3. The number of fused-ring (bicyclic) bond motifs is 1. The first-order valence-corrected chi connectivity index (χ1v) is 6.83. The molecule has 0 bridgehead atoms. The Balaban J connectivity index is 1.87. The lowest BCUT2D eigenvalue weighted by Gasteiger charge is -2.13. The summed E-state index contributed by atoms with van der Waals surface area (Å²) in [5.41, 5.74) is 0.890. The van der Waals surface area contributed by atoms with Gasteiger partial charge < -0.3 is 15.2 Å². The van der Waals surface area contributed by atoms with Crippen LogP contribution < -0.4 is 5.32 Å².